The first kappa shape index (κ1) is 13.8. The van der Waals surface area contributed by atoms with Gasteiger partial charge in [0, 0.05) is 6.54 Å². The van der Waals surface area contributed by atoms with Crippen molar-refractivity contribution in [1.82, 2.24) is 5.32 Å². The fourth-order valence-electron chi connectivity index (χ4n) is 2.03. The van der Waals surface area contributed by atoms with E-state index >= 15 is 0 Å². The Labute approximate surface area is 102 Å². The zero-order valence-electron chi connectivity index (χ0n) is 10.7. The predicted molar refractivity (Wildman–Crippen MR) is 62.7 cm³/mol. The molecule has 0 aromatic rings. The fourth-order valence-corrected chi connectivity index (χ4v) is 2.03. The number of carbonyl (C=O) groups is 2. The first-order valence-corrected chi connectivity index (χ1v) is 5.97. The van der Waals surface area contributed by atoms with Crippen LogP contribution < -0.4 is 5.32 Å². The molecule has 2 N–H and O–H groups in total. The van der Waals surface area contributed by atoms with Crippen LogP contribution >= 0.6 is 0 Å². The van der Waals surface area contributed by atoms with Gasteiger partial charge in [-0.25, -0.2) is 4.79 Å². The number of aliphatic carboxylic acids is 1. The molecule has 1 amide bonds. The molecule has 17 heavy (non-hydrogen) atoms. The van der Waals surface area contributed by atoms with Crippen LogP contribution in [0.4, 0.5) is 4.79 Å². The van der Waals surface area contributed by atoms with Gasteiger partial charge in [0.1, 0.15) is 5.60 Å². The molecule has 1 rings (SSSR count). The van der Waals surface area contributed by atoms with Gasteiger partial charge in [-0.2, -0.15) is 0 Å². The summed E-state index contributed by atoms with van der Waals surface area (Å²) in [7, 11) is 0. The lowest BCUT2D eigenvalue weighted by molar-refractivity contribution is -0.141. The minimum Gasteiger partial charge on any atom is -0.481 e. The van der Waals surface area contributed by atoms with Crippen molar-refractivity contribution >= 4 is 12.1 Å². The van der Waals surface area contributed by atoms with Crippen molar-refractivity contribution in [3.63, 3.8) is 0 Å². The van der Waals surface area contributed by atoms with E-state index in [0.717, 1.165) is 6.42 Å². The summed E-state index contributed by atoms with van der Waals surface area (Å²) in [6.45, 7) is 5.92. The number of ether oxygens (including phenoxy) is 1. The van der Waals surface area contributed by atoms with E-state index in [9.17, 15) is 9.59 Å². The molecule has 0 saturated heterocycles. The number of nitrogens with one attached hydrogen (secondary N) is 1. The maximum absolute atomic E-state index is 11.4. The molecule has 0 bridgehead atoms. The quantitative estimate of drug-likeness (QED) is 0.795. The Hall–Kier alpha value is -1.26. The van der Waals surface area contributed by atoms with E-state index < -0.39 is 17.7 Å². The highest BCUT2D eigenvalue weighted by Gasteiger charge is 2.30. The van der Waals surface area contributed by atoms with Crippen LogP contribution in [0.3, 0.4) is 0 Å². The van der Waals surface area contributed by atoms with Crippen LogP contribution in [0, 0.1) is 11.8 Å². The summed E-state index contributed by atoms with van der Waals surface area (Å²) < 4.78 is 5.11. The largest absolute Gasteiger partial charge is 0.481 e. The van der Waals surface area contributed by atoms with Gasteiger partial charge in [0.15, 0.2) is 0 Å². The second-order valence-electron chi connectivity index (χ2n) is 5.60. The standard InChI is InChI=1S/C12H21NO4/c1-12(2,3)17-11(16)13-7-8-4-5-9(6-8)10(14)15/h8-9H,4-7H2,1-3H3,(H,13,16)(H,14,15). The van der Waals surface area contributed by atoms with Crippen LogP contribution in [-0.4, -0.2) is 29.3 Å². The number of hydrogen-bond donors (Lipinski definition) is 2. The smallest absolute Gasteiger partial charge is 0.407 e. The van der Waals surface area contributed by atoms with E-state index in [1.54, 1.807) is 0 Å². The normalized spacial score (nSPS) is 24.4. The zero-order valence-corrected chi connectivity index (χ0v) is 10.7. The van der Waals surface area contributed by atoms with Gasteiger partial charge in [-0.3, -0.25) is 4.79 Å². The minimum absolute atomic E-state index is 0.250. The monoisotopic (exact) mass is 243 g/mol. The van der Waals surface area contributed by atoms with Gasteiger partial charge in [0.25, 0.3) is 0 Å². The van der Waals surface area contributed by atoms with E-state index in [4.69, 9.17) is 9.84 Å². The molecule has 0 aliphatic heterocycles. The molecule has 0 spiro atoms. The highest BCUT2D eigenvalue weighted by Crippen LogP contribution is 2.30. The number of rotatable bonds is 3. The van der Waals surface area contributed by atoms with Crippen LogP contribution in [0.25, 0.3) is 0 Å². The fraction of sp³-hybridized carbons (Fsp3) is 0.833. The molecule has 5 heteroatoms. The van der Waals surface area contributed by atoms with E-state index in [2.05, 4.69) is 5.32 Å². The molecule has 5 nitrogen and oxygen atoms in total. The summed E-state index contributed by atoms with van der Waals surface area (Å²) in [6.07, 6.45) is 1.77. The molecule has 2 atom stereocenters. The molecular formula is C12H21NO4. The van der Waals surface area contributed by atoms with Crippen molar-refractivity contribution in [3.05, 3.63) is 0 Å². The summed E-state index contributed by atoms with van der Waals surface area (Å²) in [6, 6.07) is 0. The first-order valence-electron chi connectivity index (χ1n) is 5.97. The Morgan fingerprint density at radius 3 is 2.47 bits per heavy atom. The van der Waals surface area contributed by atoms with Gasteiger partial charge < -0.3 is 15.2 Å². The van der Waals surface area contributed by atoms with Crippen molar-refractivity contribution in [1.29, 1.82) is 0 Å². The van der Waals surface area contributed by atoms with Gasteiger partial charge in [0.2, 0.25) is 0 Å². The molecule has 1 fully saturated rings. The molecule has 98 valence electrons. The second kappa shape index (κ2) is 5.38. The number of carboxylic acid groups (broad SMARTS) is 1. The molecule has 0 heterocycles. The topological polar surface area (TPSA) is 75.6 Å². The summed E-state index contributed by atoms with van der Waals surface area (Å²) in [5, 5.41) is 11.5. The molecule has 2 unspecified atom stereocenters. The highest BCUT2D eigenvalue weighted by molar-refractivity contribution is 5.70. The van der Waals surface area contributed by atoms with Crippen molar-refractivity contribution in [2.45, 2.75) is 45.6 Å². The Kier molecular flexibility index (Phi) is 4.37. The molecule has 1 aliphatic rings. The highest BCUT2D eigenvalue weighted by atomic mass is 16.6. The summed E-state index contributed by atoms with van der Waals surface area (Å²) in [5.41, 5.74) is -0.497. The number of carbonyl (C=O) groups excluding carboxylic acids is 1. The Balaban J connectivity index is 2.24. The van der Waals surface area contributed by atoms with Crippen LogP contribution in [0.1, 0.15) is 40.0 Å². The lowest BCUT2D eigenvalue weighted by Crippen LogP contribution is -2.35. The van der Waals surface area contributed by atoms with Gasteiger partial charge in [0.05, 0.1) is 5.92 Å². The molecule has 0 radical (unpaired) electrons. The summed E-state index contributed by atoms with van der Waals surface area (Å²) in [4.78, 5) is 22.1. The number of amides is 1. The van der Waals surface area contributed by atoms with E-state index in [-0.39, 0.29) is 11.8 Å². The van der Waals surface area contributed by atoms with Gasteiger partial charge in [-0.15, -0.1) is 0 Å². The number of alkyl carbamates (subject to hydrolysis) is 1. The summed E-state index contributed by atoms with van der Waals surface area (Å²) in [5.74, 6) is -0.728. The lowest BCUT2D eigenvalue weighted by Gasteiger charge is -2.20. The maximum atomic E-state index is 11.4. The Morgan fingerprint density at radius 1 is 1.35 bits per heavy atom. The lowest BCUT2D eigenvalue weighted by atomic mass is 10.1. The average molecular weight is 243 g/mol. The van der Waals surface area contributed by atoms with Crippen LogP contribution in [-0.2, 0) is 9.53 Å². The van der Waals surface area contributed by atoms with Crippen LogP contribution in [0.15, 0.2) is 0 Å². The average Bonchev–Trinajstić information content (AvgIpc) is 2.60. The van der Waals surface area contributed by atoms with Crippen LogP contribution in [0.5, 0.6) is 0 Å². The third kappa shape index (κ3) is 5.06. The van der Waals surface area contributed by atoms with Crippen molar-refractivity contribution in [2.75, 3.05) is 6.54 Å². The molecule has 0 aromatic heterocycles. The van der Waals surface area contributed by atoms with Crippen molar-refractivity contribution < 1.29 is 19.4 Å². The van der Waals surface area contributed by atoms with Gasteiger partial charge in [-0.05, 0) is 46.0 Å². The third-order valence-electron chi connectivity index (χ3n) is 2.82. The molecular weight excluding hydrogens is 222 g/mol. The Bertz CT molecular complexity index is 295. The molecule has 1 aliphatic carbocycles. The summed E-state index contributed by atoms with van der Waals surface area (Å²) >= 11 is 0. The minimum atomic E-state index is -0.732. The maximum Gasteiger partial charge on any atom is 0.407 e. The van der Waals surface area contributed by atoms with E-state index in [0.29, 0.717) is 19.4 Å². The SMILES string of the molecule is CC(C)(C)OC(=O)NCC1CCC(C(=O)O)C1. The Morgan fingerprint density at radius 2 is 2.00 bits per heavy atom. The van der Waals surface area contributed by atoms with E-state index in [1.807, 2.05) is 20.8 Å². The second-order valence-corrected chi connectivity index (χ2v) is 5.60. The van der Waals surface area contributed by atoms with Crippen LogP contribution in [0.2, 0.25) is 0 Å². The molecule has 0 aromatic carbocycles. The van der Waals surface area contributed by atoms with Gasteiger partial charge in [-0.1, -0.05) is 0 Å². The number of hydrogen-bond acceptors (Lipinski definition) is 3. The molecule has 1 saturated carbocycles. The first-order chi connectivity index (χ1) is 7.78. The number of carboxylic acids is 1. The van der Waals surface area contributed by atoms with Crippen molar-refractivity contribution in [2.24, 2.45) is 11.8 Å². The zero-order chi connectivity index (χ0) is 13.1. The van der Waals surface area contributed by atoms with Crippen molar-refractivity contribution in [3.8, 4) is 0 Å². The predicted octanol–water partition coefficient (Wildman–Crippen LogP) is 2.01. The van der Waals surface area contributed by atoms with E-state index in [1.165, 1.54) is 0 Å². The van der Waals surface area contributed by atoms with Gasteiger partial charge >= 0.3 is 12.1 Å². The third-order valence-corrected chi connectivity index (χ3v) is 2.82.